The smallest absolute Gasteiger partial charge is 0.381 e. The Morgan fingerprint density at radius 3 is 2.73 bits per heavy atom. The van der Waals surface area contributed by atoms with Crippen LogP contribution in [0.4, 0.5) is 18.3 Å². The van der Waals surface area contributed by atoms with Crippen LogP contribution in [0.1, 0.15) is 18.4 Å². The topological polar surface area (TPSA) is 77.2 Å². The fourth-order valence-corrected chi connectivity index (χ4v) is 3.55. The van der Waals surface area contributed by atoms with Crippen molar-refractivity contribution < 1.29 is 22.7 Å². The van der Waals surface area contributed by atoms with Gasteiger partial charge in [0.15, 0.2) is 5.13 Å². The van der Waals surface area contributed by atoms with E-state index in [9.17, 15) is 18.0 Å². The molecule has 1 aliphatic rings. The van der Waals surface area contributed by atoms with Crippen LogP contribution in [0.5, 0.6) is 0 Å². The van der Waals surface area contributed by atoms with Gasteiger partial charge in [-0.05, 0) is 25.0 Å². The molecule has 9 heteroatoms. The summed E-state index contributed by atoms with van der Waals surface area (Å²) in [4.78, 5) is 16.9. The van der Waals surface area contributed by atoms with Gasteiger partial charge in [-0.1, -0.05) is 12.1 Å². The van der Waals surface area contributed by atoms with Crippen LogP contribution in [-0.4, -0.2) is 30.6 Å². The number of hydrogen-bond donors (Lipinski definition) is 2. The lowest BCUT2D eigenvalue weighted by molar-refractivity contribution is -0.137. The van der Waals surface area contributed by atoms with Gasteiger partial charge in [-0.2, -0.15) is 13.2 Å². The molecular formula is C17H18F3N3O2S. The fraction of sp³-hybridized carbons (Fsp3) is 0.412. The number of alkyl halides is 3. The molecule has 0 saturated carbocycles. The number of anilines is 1. The maximum absolute atomic E-state index is 12.9. The highest BCUT2D eigenvalue weighted by Crippen LogP contribution is 2.34. The van der Waals surface area contributed by atoms with E-state index in [1.165, 1.54) is 6.07 Å². The monoisotopic (exact) mass is 385 g/mol. The van der Waals surface area contributed by atoms with Crippen LogP contribution in [0.15, 0.2) is 29.6 Å². The number of hydrogen-bond acceptors (Lipinski definition) is 5. The summed E-state index contributed by atoms with van der Waals surface area (Å²) in [6, 6.07) is 4.94. The summed E-state index contributed by atoms with van der Waals surface area (Å²) < 4.78 is 43.8. The third kappa shape index (κ3) is 3.89. The first-order chi connectivity index (χ1) is 12.3. The van der Waals surface area contributed by atoms with E-state index >= 15 is 0 Å². The Balaban J connectivity index is 1.77. The largest absolute Gasteiger partial charge is 0.416 e. The number of nitrogens with two attached hydrogens (primary N) is 1. The highest BCUT2D eigenvalue weighted by molar-refractivity contribution is 7.14. The summed E-state index contributed by atoms with van der Waals surface area (Å²) in [5.74, 6) is -0.228. The molecule has 3 N–H and O–H groups in total. The Kier molecular flexibility index (Phi) is 5.31. The van der Waals surface area contributed by atoms with Crippen LogP contribution in [0.25, 0.3) is 11.3 Å². The van der Waals surface area contributed by atoms with Gasteiger partial charge in [0.2, 0.25) is 5.91 Å². The Morgan fingerprint density at radius 2 is 2.08 bits per heavy atom. The third-order valence-corrected chi connectivity index (χ3v) is 5.29. The molecule has 1 fully saturated rings. The Morgan fingerprint density at radius 1 is 1.35 bits per heavy atom. The molecule has 2 aromatic rings. The van der Waals surface area contributed by atoms with Crippen molar-refractivity contribution in [3.05, 3.63) is 35.2 Å². The zero-order valence-electron chi connectivity index (χ0n) is 13.8. The molecule has 2 heterocycles. The molecule has 0 bridgehead atoms. The van der Waals surface area contributed by atoms with Crippen LogP contribution in [0.3, 0.4) is 0 Å². The Bertz CT molecular complexity index is 786. The third-order valence-electron chi connectivity index (χ3n) is 4.53. The van der Waals surface area contributed by atoms with E-state index in [0.29, 0.717) is 42.4 Å². The average molecular weight is 385 g/mol. The second-order valence-corrected chi connectivity index (χ2v) is 7.03. The first kappa shape index (κ1) is 18.8. The van der Waals surface area contributed by atoms with Crippen molar-refractivity contribution >= 4 is 22.4 Å². The minimum absolute atomic E-state index is 0.202. The number of aromatic nitrogens is 1. The number of nitrogens with one attached hydrogen (secondary N) is 1. The molecule has 26 heavy (non-hydrogen) atoms. The van der Waals surface area contributed by atoms with Gasteiger partial charge in [0.25, 0.3) is 0 Å². The Labute approximate surface area is 152 Å². The van der Waals surface area contributed by atoms with E-state index in [-0.39, 0.29) is 12.5 Å². The Hall–Kier alpha value is -1.97. The molecule has 1 aromatic carbocycles. The van der Waals surface area contributed by atoms with Crippen LogP contribution in [0, 0.1) is 5.41 Å². The predicted molar refractivity (Wildman–Crippen MR) is 92.7 cm³/mol. The van der Waals surface area contributed by atoms with Gasteiger partial charge in [-0.3, -0.25) is 4.79 Å². The number of thiazole rings is 1. The maximum atomic E-state index is 12.9. The van der Waals surface area contributed by atoms with Gasteiger partial charge in [0, 0.05) is 30.7 Å². The number of nitrogens with zero attached hydrogens (tertiary/aromatic N) is 1. The van der Waals surface area contributed by atoms with Crippen molar-refractivity contribution in [3.8, 4) is 11.3 Å². The summed E-state index contributed by atoms with van der Waals surface area (Å²) in [5, 5.41) is 4.70. The van der Waals surface area contributed by atoms with Gasteiger partial charge in [0.1, 0.15) is 0 Å². The molecule has 0 aliphatic carbocycles. The van der Waals surface area contributed by atoms with Crippen molar-refractivity contribution in [3.63, 3.8) is 0 Å². The molecule has 1 aliphatic heterocycles. The minimum atomic E-state index is -4.42. The maximum Gasteiger partial charge on any atom is 0.416 e. The lowest BCUT2D eigenvalue weighted by Crippen LogP contribution is -2.46. The summed E-state index contributed by atoms with van der Waals surface area (Å²) in [6.45, 7) is 1.14. The summed E-state index contributed by atoms with van der Waals surface area (Å²) in [7, 11) is 0. The van der Waals surface area contributed by atoms with Crippen LogP contribution >= 0.6 is 11.3 Å². The zero-order valence-corrected chi connectivity index (χ0v) is 14.6. The first-order valence-electron chi connectivity index (χ1n) is 8.06. The minimum Gasteiger partial charge on any atom is -0.381 e. The molecule has 0 unspecified atom stereocenters. The van der Waals surface area contributed by atoms with Crippen LogP contribution in [-0.2, 0) is 15.7 Å². The van der Waals surface area contributed by atoms with E-state index in [0.717, 1.165) is 23.5 Å². The normalized spacial score (nSPS) is 17.1. The molecule has 0 spiro atoms. The predicted octanol–water partition coefficient (Wildman–Crippen LogP) is 3.52. The summed E-state index contributed by atoms with van der Waals surface area (Å²) in [6.07, 6.45) is -3.36. The molecule has 1 amide bonds. The van der Waals surface area contributed by atoms with Gasteiger partial charge in [0.05, 0.1) is 16.7 Å². The van der Waals surface area contributed by atoms with Crippen LogP contribution in [0.2, 0.25) is 0 Å². The molecule has 3 rings (SSSR count). The number of halogens is 3. The van der Waals surface area contributed by atoms with E-state index in [1.807, 2.05) is 0 Å². The van der Waals surface area contributed by atoms with E-state index < -0.39 is 17.2 Å². The van der Waals surface area contributed by atoms with E-state index in [4.69, 9.17) is 10.5 Å². The van der Waals surface area contributed by atoms with Crippen molar-refractivity contribution in [2.24, 2.45) is 11.1 Å². The average Bonchev–Trinajstić information content (AvgIpc) is 3.10. The molecular weight excluding hydrogens is 367 g/mol. The second kappa shape index (κ2) is 7.34. The molecule has 140 valence electrons. The van der Waals surface area contributed by atoms with Gasteiger partial charge < -0.3 is 15.8 Å². The van der Waals surface area contributed by atoms with Crippen molar-refractivity contribution in [1.29, 1.82) is 0 Å². The van der Waals surface area contributed by atoms with E-state index in [2.05, 4.69) is 10.3 Å². The highest BCUT2D eigenvalue weighted by Gasteiger charge is 2.39. The fourth-order valence-electron chi connectivity index (χ4n) is 2.83. The number of carbonyl (C=O) groups is 1. The molecule has 0 radical (unpaired) electrons. The van der Waals surface area contributed by atoms with Crippen molar-refractivity contribution in [2.45, 2.75) is 19.0 Å². The second-order valence-electron chi connectivity index (χ2n) is 6.17. The number of benzene rings is 1. The van der Waals surface area contributed by atoms with E-state index in [1.54, 1.807) is 11.4 Å². The zero-order chi connectivity index (χ0) is 18.8. The van der Waals surface area contributed by atoms with Gasteiger partial charge in [-0.25, -0.2) is 4.98 Å². The molecule has 1 saturated heterocycles. The van der Waals surface area contributed by atoms with Crippen LogP contribution < -0.4 is 11.1 Å². The lowest BCUT2D eigenvalue weighted by Gasteiger charge is -2.34. The molecule has 1 aromatic heterocycles. The van der Waals surface area contributed by atoms with Crippen molar-refractivity contribution in [1.82, 2.24) is 4.98 Å². The standard InChI is InChI=1S/C17H18F3N3O2S/c18-17(19,20)12-3-1-2-11(8-12)13-9-26-15(22-13)23-14(24)16(10-21)4-6-25-7-5-16/h1-3,8-9H,4-7,10,21H2,(H,22,23,24). The SMILES string of the molecule is NCC1(C(=O)Nc2nc(-c3cccc(C(F)(F)F)c3)cs2)CCOCC1. The number of ether oxygens (including phenoxy) is 1. The molecule has 0 atom stereocenters. The number of amides is 1. The highest BCUT2D eigenvalue weighted by atomic mass is 32.1. The van der Waals surface area contributed by atoms with Crippen molar-refractivity contribution in [2.75, 3.05) is 25.1 Å². The quantitative estimate of drug-likeness (QED) is 0.844. The lowest BCUT2D eigenvalue weighted by atomic mass is 9.79. The van der Waals surface area contributed by atoms with Gasteiger partial charge in [-0.15, -0.1) is 11.3 Å². The first-order valence-corrected chi connectivity index (χ1v) is 8.94. The summed E-state index contributed by atoms with van der Waals surface area (Å²) >= 11 is 1.16. The number of carbonyl (C=O) groups excluding carboxylic acids is 1. The molecule has 5 nitrogen and oxygen atoms in total. The summed E-state index contributed by atoms with van der Waals surface area (Å²) in [5.41, 5.74) is 5.10. The van der Waals surface area contributed by atoms with Gasteiger partial charge >= 0.3 is 6.18 Å². The number of rotatable bonds is 4.